The third kappa shape index (κ3) is 1.77. The maximum absolute atomic E-state index is 2.50. The Labute approximate surface area is 110 Å². The lowest BCUT2D eigenvalue weighted by atomic mass is 9.81. The van der Waals surface area contributed by atoms with Crippen molar-refractivity contribution in [2.45, 2.75) is 39.2 Å². The van der Waals surface area contributed by atoms with E-state index in [1.807, 2.05) is 0 Å². The van der Waals surface area contributed by atoms with Gasteiger partial charge in [0.2, 0.25) is 0 Å². The average molecular weight is 317 g/mol. The van der Waals surface area contributed by atoms with Gasteiger partial charge in [0, 0.05) is 23.7 Å². The number of rotatable bonds is 1. The Hall–Kier alpha value is -0.250. The number of hydrogen-bond acceptors (Lipinski definition) is 1. The van der Waals surface area contributed by atoms with Gasteiger partial charge in [0.05, 0.1) is 0 Å². The van der Waals surface area contributed by atoms with E-state index in [0.29, 0.717) is 6.04 Å². The molecule has 1 aromatic carbocycles. The molecule has 1 aliphatic heterocycles. The Morgan fingerprint density at radius 3 is 2.47 bits per heavy atom. The molecule has 0 saturated heterocycles. The van der Waals surface area contributed by atoms with E-state index in [1.165, 1.54) is 11.3 Å². The molecule has 15 heavy (non-hydrogen) atoms. The fourth-order valence-electron chi connectivity index (χ4n) is 2.54. The van der Waals surface area contributed by atoms with Gasteiger partial charge in [0.15, 0.2) is 0 Å². The Balaban J connectivity index is 0.00000112. The van der Waals surface area contributed by atoms with Crippen molar-refractivity contribution in [1.82, 2.24) is 0 Å². The minimum absolute atomic E-state index is 0. The van der Waals surface area contributed by atoms with Gasteiger partial charge in [-0.05, 0) is 25.5 Å². The van der Waals surface area contributed by atoms with Crippen LogP contribution in [0.2, 0.25) is 0 Å². The second kappa shape index (κ2) is 4.32. The number of nitrogens with zero attached hydrogens (tertiary/aromatic N) is 1. The molecule has 1 unspecified atom stereocenters. The zero-order chi connectivity index (χ0) is 10.3. The van der Waals surface area contributed by atoms with Gasteiger partial charge in [0.25, 0.3) is 0 Å². The Kier molecular flexibility index (Phi) is 3.69. The minimum Gasteiger partial charge on any atom is -0.368 e. The molecule has 1 nitrogen and oxygen atoms in total. The van der Waals surface area contributed by atoms with Crippen LogP contribution < -0.4 is 4.90 Å². The van der Waals surface area contributed by atoms with E-state index in [4.69, 9.17) is 0 Å². The van der Waals surface area contributed by atoms with E-state index >= 15 is 0 Å². The average Bonchev–Trinajstić information content (AvgIpc) is 2.37. The van der Waals surface area contributed by atoms with Crippen molar-refractivity contribution in [2.75, 3.05) is 11.4 Å². The smallest absolute Gasteiger partial charge is 0.0407 e. The summed E-state index contributed by atoms with van der Waals surface area (Å²) < 4.78 is 0. The molecular weight excluding hydrogens is 297 g/mol. The molecule has 2 rings (SSSR count). The van der Waals surface area contributed by atoms with Gasteiger partial charge in [0.1, 0.15) is 0 Å². The van der Waals surface area contributed by atoms with Crippen molar-refractivity contribution >= 4 is 29.7 Å². The number of likely N-dealkylation sites (N-methyl/N-ethyl adjacent to an activating group) is 1. The van der Waals surface area contributed by atoms with Crippen LogP contribution in [0.15, 0.2) is 24.3 Å². The van der Waals surface area contributed by atoms with Gasteiger partial charge in [-0.1, -0.05) is 32.0 Å². The summed E-state index contributed by atoms with van der Waals surface area (Å²) in [6.07, 6.45) is 0. The molecule has 0 aliphatic carbocycles. The first-order chi connectivity index (χ1) is 6.59. The summed E-state index contributed by atoms with van der Waals surface area (Å²) in [6.45, 7) is 10.3. The summed E-state index contributed by atoms with van der Waals surface area (Å²) in [5.41, 5.74) is 3.20. The first-order valence-corrected chi connectivity index (χ1v) is 5.45. The van der Waals surface area contributed by atoms with Crippen LogP contribution in [-0.2, 0) is 5.41 Å². The molecule has 84 valence electrons. The SMILES string of the molecule is CCN1c2ccccc2C(C)(C)C1C.I. The molecule has 0 amide bonds. The van der Waals surface area contributed by atoms with Crippen molar-refractivity contribution < 1.29 is 0 Å². The molecule has 2 heteroatoms. The van der Waals surface area contributed by atoms with Crippen LogP contribution in [0, 0.1) is 0 Å². The monoisotopic (exact) mass is 317 g/mol. The van der Waals surface area contributed by atoms with Crippen molar-refractivity contribution in [1.29, 1.82) is 0 Å². The van der Waals surface area contributed by atoms with Crippen LogP contribution in [0.3, 0.4) is 0 Å². The molecular formula is C13H20IN. The number of hydrogen-bond donors (Lipinski definition) is 0. The molecule has 1 aromatic rings. The summed E-state index contributed by atoms with van der Waals surface area (Å²) >= 11 is 0. The topological polar surface area (TPSA) is 3.24 Å². The maximum atomic E-state index is 2.50. The third-order valence-electron chi connectivity index (χ3n) is 3.76. The normalized spacial score (nSPS) is 22.1. The molecule has 0 bridgehead atoms. The zero-order valence-electron chi connectivity index (χ0n) is 9.95. The van der Waals surface area contributed by atoms with Crippen LogP contribution in [0.4, 0.5) is 5.69 Å². The molecule has 1 aliphatic rings. The van der Waals surface area contributed by atoms with E-state index in [1.54, 1.807) is 0 Å². The second-order valence-corrected chi connectivity index (χ2v) is 4.70. The zero-order valence-corrected chi connectivity index (χ0v) is 12.3. The number of para-hydroxylation sites is 1. The molecule has 0 aromatic heterocycles. The summed E-state index contributed by atoms with van der Waals surface area (Å²) in [5, 5.41) is 0. The highest BCUT2D eigenvalue weighted by molar-refractivity contribution is 14.0. The molecule has 0 spiro atoms. The summed E-state index contributed by atoms with van der Waals surface area (Å²) in [5.74, 6) is 0. The highest BCUT2D eigenvalue weighted by Crippen LogP contribution is 2.44. The second-order valence-electron chi connectivity index (χ2n) is 4.70. The largest absolute Gasteiger partial charge is 0.368 e. The van der Waals surface area contributed by atoms with Gasteiger partial charge in [-0.15, -0.1) is 24.0 Å². The van der Waals surface area contributed by atoms with Crippen LogP contribution in [0.1, 0.15) is 33.3 Å². The van der Waals surface area contributed by atoms with Crippen molar-refractivity contribution in [3.63, 3.8) is 0 Å². The first kappa shape index (κ1) is 12.8. The lowest BCUT2D eigenvalue weighted by Crippen LogP contribution is -2.38. The van der Waals surface area contributed by atoms with Gasteiger partial charge < -0.3 is 4.90 Å². The summed E-state index contributed by atoms with van der Waals surface area (Å²) in [4.78, 5) is 2.50. The quantitative estimate of drug-likeness (QED) is 0.712. The van der Waals surface area contributed by atoms with Crippen LogP contribution >= 0.6 is 24.0 Å². The van der Waals surface area contributed by atoms with Gasteiger partial charge in [-0.2, -0.15) is 0 Å². The van der Waals surface area contributed by atoms with E-state index < -0.39 is 0 Å². The molecule has 0 fully saturated rings. The summed E-state index contributed by atoms with van der Waals surface area (Å²) in [7, 11) is 0. The van der Waals surface area contributed by atoms with Gasteiger partial charge in [-0.25, -0.2) is 0 Å². The highest BCUT2D eigenvalue weighted by Gasteiger charge is 2.40. The molecule has 0 N–H and O–H groups in total. The number of anilines is 1. The van der Waals surface area contributed by atoms with Crippen LogP contribution in [0.5, 0.6) is 0 Å². The number of fused-ring (bicyclic) bond motifs is 1. The fourth-order valence-corrected chi connectivity index (χ4v) is 2.54. The van der Waals surface area contributed by atoms with Crippen LogP contribution in [0.25, 0.3) is 0 Å². The van der Waals surface area contributed by atoms with Gasteiger partial charge in [-0.3, -0.25) is 0 Å². The lowest BCUT2D eigenvalue weighted by Gasteiger charge is -2.30. The molecule has 0 saturated carbocycles. The Bertz CT molecular complexity index is 346. The summed E-state index contributed by atoms with van der Waals surface area (Å²) in [6, 6.07) is 9.39. The van der Waals surface area contributed by atoms with Crippen molar-refractivity contribution in [3.05, 3.63) is 29.8 Å². The van der Waals surface area contributed by atoms with Crippen LogP contribution in [-0.4, -0.2) is 12.6 Å². The van der Waals surface area contributed by atoms with Crippen molar-refractivity contribution in [3.8, 4) is 0 Å². The van der Waals surface area contributed by atoms with E-state index in [2.05, 4.69) is 56.9 Å². The lowest BCUT2D eigenvalue weighted by molar-refractivity contribution is 0.445. The fraction of sp³-hybridized carbons (Fsp3) is 0.538. The molecule has 1 atom stereocenters. The van der Waals surface area contributed by atoms with E-state index in [0.717, 1.165) is 6.54 Å². The van der Waals surface area contributed by atoms with Gasteiger partial charge >= 0.3 is 0 Å². The first-order valence-electron chi connectivity index (χ1n) is 5.45. The number of benzene rings is 1. The molecule has 0 radical (unpaired) electrons. The van der Waals surface area contributed by atoms with Crippen molar-refractivity contribution in [2.24, 2.45) is 0 Å². The standard InChI is InChI=1S/C13H19N.HI/c1-5-14-10(2)13(3,4)11-8-6-7-9-12(11)14;/h6-10H,5H2,1-4H3;1H. The maximum Gasteiger partial charge on any atom is 0.0407 e. The van der Waals surface area contributed by atoms with E-state index in [-0.39, 0.29) is 29.4 Å². The Morgan fingerprint density at radius 1 is 1.27 bits per heavy atom. The predicted molar refractivity (Wildman–Crippen MR) is 77.4 cm³/mol. The predicted octanol–water partition coefficient (Wildman–Crippen LogP) is 3.81. The third-order valence-corrected chi connectivity index (χ3v) is 3.76. The van der Waals surface area contributed by atoms with E-state index in [9.17, 15) is 0 Å². The number of halogens is 1. The molecule has 1 heterocycles. The highest BCUT2D eigenvalue weighted by atomic mass is 127. The minimum atomic E-state index is 0. The Morgan fingerprint density at radius 2 is 1.87 bits per heavy atom.